The van der Waals surface area contributed by atoms with E-state index in [9.17, 15) is 20.4 Å². The molecule has 0 radical (unpaired) electrons. The topological polar surface area (TPSA) is 146 Å². The Balaban J connectivity index is 1.61. The van der Waals surface area contributed by atoms with Crippen molar-refractivity contribution in [3.05, 3.63) is 41.4 Å². The largest absolute Gasteiger partial charge is 0.508 e. The zero-order valence-electron chi connectivity index (χ0n) is 14.5. The molecule has 4 rings (SSSR count). The fourth-order valence-corrected chi connectivity index (χ4v) is 3.35. The highest BCUT2D eigenvalue weighted by molar-refractivity contribution is 6.30. The van der Waals surface area contributed by atoms with Crippen molar-refractivity contribution in [1.82, 2.24) is 19.5 Å². The number of aromatic hydroxyl groups is 1. The SMILES string of the molecule is OC[C@H]1OC(n2cnc3c(NCc4cc(Cl)ccc4O)ncnc32)[C@@H](O)[C@@H]1O. The molecule has 0 spiro atoms. The number of nitrogens with one attached hydrogen (secondary N) is 1. The van der Waals surface area contributed by atoms with E-state index in [4.69, 9.17) is 16.3 Å². The molecule has 0 bridgehead atoms. The molecule has 3 heterocycles. The Labute approximate surface area is 164 Å². The number of nitrogens with zero attached hydrogens (tertiary/aromatic N) is 4. The third-order valence-electron chi connectivity index (χ3n) is 4.64. The van der Waals surface area contributed by atoms with Gasteiger partial charge >= 0.3 is 0 Å². The van der Waals surface area contributed by atoms with E-state index >= 15 is 0 Å². The van der Waals surface area contributed by atoms with Gasteiger partial charge in [0.05, 0.1) is 12.9 Å². The van der Waals surface area contributed by atoms with E-state index < -0.39 is 31.1 Å². The number of rotatable bonds is 5. The molecule has 1 saturated heterocycles. The summed E-state index contributed by atoms with van der Waals surface area (Å²) in [5.74, 6) is 0.508. The van der Waals surface area contributed by atoms with Crippen molar-refractivity contribution in [3.63, 3.8) is 0 Å². The van der Waals surface area contributed by atoms with Gasteiger partial charge in [0.1, 0.15) is 30.4 Å². The van der Waals surface area contributed by atoms with Crippen LogP contribution in [0.25, 0.3) is 11.2 Å². The van der Waals surface area contributed by atoms with Crippen LogP contribution in [-0.2, 0) is 11.3 Å². The molecule has 4 atom stereocenters. The van der Waals surface area contributed by atoms with Crippen LogP contribution in [0.15, 0.2) is 30.9 Å². The second kappa shape index (κ2) is 7.49. The molecular formula is C17H18ClN5O5. The normalized spacial score (nSPS) is 24.7. The van der Waals surface area contributed by atoms with Gasteiger partial charge in [-0.3, -0.25) is 4.57 Å². The first-order valence-electron chi connectivity index (χ1n) is 8.51. The Morgan fingerprint density at radius 2 is 2.00 bits per heavy atom. The highest BCUT2D eigenvalue weighted by Gasteiger charge is 2.44. The lowest BCUT2D eigenvalue weighted by Crippen LogP contribution is -2.33. The van der Waals surface area contributed by atoms with Gasteiger partial charge in [0.2, 0.25) is 0 Å². The summed E-state index contributed by atoms with van der Waals surface area (Å²) in [6.45, 7) is -0.175. The maximum atomic E-state index is 10.2. The number of benzene rings is 1. The van der Waals surface area contributed by atoms with Crippen LogP contribution < -0.4 is 5.32 Å². The highest BCUT2D eigenvalue weighted by atomic mass is 35.5. The van der Waals surface area contributed by atoms with Crippen molar-refractivity contribution in [1.29, 1.82) is 0 Å². The van der Waals surface area contributed by atoms with Crippen LogP contribution in [0.5, 0.6) is 5.75 Å². The van der Waals surface area contributed by atoms with Gasteiger partial charge in [0.15, 0.2) is 23.2 Å². The summed E-state index contributed by atoms with van der Waals surface area (Å²) >= 11 is 5.96. The fourth-order valence-electron chi connectivity index (χ4n) is 3.15. The van der Waals surface area contributed by atoms with Gasteiger partial charge in [-0.25, -0.2) is 15.0 Å². The van der Waals surface area contributed by atoms with E-state index in [0.717, 1.165) is 0 Å². The number of aliphatic hydroxyl groups excluding tert-OH is 3. The van der Waals surface area contributed by atoms with Crippen molar-refractivity contribution < 1.29 is 25.2 Å². The quantitative estimate of drug-likeness (QED) is 0.405. The van der Waals surface area contributed by atoms with Crippen molar-refractivity contribution in [2.75, 3.05) is 11.9 Å². The van der Waals surface area contributed by atoms with E-state index in [2.05, 4.69) is 20.3 Å². The van der Waals surface area contributed by atoms with E-state index in [1.807, 2.05) is 0 Å². The molecule has 1 aliphatic rings. The van der Waals surface area contributed by atoms with E-state index in [0.29, 0.717) is 27.6 Å². The number of phenolic OH excluding ortho intramolecular Hbond substituents is 1. The first-order chi connectivity index (χ1) is 13.5. The third kappa shape index (κ3) is 3.25. The van der Waals surface area contributed by atoms with Crippen molar-refractivity contribution in [3.8, 4) is 5.75 Å². The van der Waals surface area contributed by atoms with Crippen LogP contribution in [0.3, 0.4) is 0 Å². The Morgan fingerprint density at radius 1 is 1.18 bits per heavy atom. The maximum absolute atomic E-state index is 10.2. The summed E-state index contributed by atoms with van der Waals surface area (Å²) in [7, 11) is 0. The molecule has 2 aromatic heterocycles. The van der Waals surface area contributed by atoms with Gasteiger partial charge in [0, 0.05) is 17.1 Å². The Kier molecular flexibility index (Phi) is 5.04. The number of fused-ring (bicyclic) bond motifs is 1. The van der Waals surface area contributed by atoms with Crippen LogP contribution in [-0.4, -0.2) is 64.9 Å². The molecule has 1 unspecified atom stereocenters. The monoisotopic (exact) mass is 407 g/mol. The molecule has 0 aliphatic carbocycles. The standard InChI is InChI=1S/C17H18ClN5O5/c18-9-1-2-10(25)8(3-9)4-19-15-12-16(21-6-20-15)23(7-22-12)17-14(27)13(26)11(5-24)28-17/h1-3,6-7,11,13-14,17,24-27H,4-5H2,(H,19,20,21)/t11-,13-,14+,17?/m1/s1. The molecule has 0 saturated carbocycles. The molecule has 5 N–H and O–H groups in total. The summed E-state index contributed by atoms with van der Waals surface area (Å²) in [4.78, 5) is 12.6. The van der Waals surface area contributed by atoms with Crippen molar-refractivity contribution >= 4 is 28.6 Å². The Morgan fingerprint density at radius 3 is 2.75 bits per heavy atom. The molecule has 3 aromatic rings. The molecule has 148 valence electrons. The van der Waals surface area contributed by atoms with Gasteiger partial charge in [-0.1, -0.05) is 11.6 Å². The summed E-state index contributed by atoms with van der Waals surface area (Å²) in [5, 5.41) is 43.0. The number of phenols is 1. The van der Waals surface area contributed by atoms with Crippen LogP contribution in [0.2, 0.25) is 5.02 Å². The fraction of sp³-hybridized carbons (Fsp3) is 0.353. The second-order valence-electron chi connectivity index (χ2n) is 6.40. The van der Waals surface area contributed by atoms with Crippen molar-refractivity contribution in [2.24, 2.45) is 0 Å². The van der Waals surface area contributed by atoms with Gasteiger partial charge in [-0.05, 0) is 18.2 Å². The zero-order chi connectivity index (χ0) is 19.8. The molecule has 10 nitrogen and oxygen atoms in total. The predicted octanol–water partition coefficient (Wildman–Crippen LogP) is 0.409. The predicted molar refractivity (Wildman–Crippen MR) is 98.8 cm³/mol. The van der Waals surface area contributed by atoms with Gasteiger partial charge in [-0.2, -0.15) is 0 Å². The number of ether oxygens (including phenoxy) is 1. The average Bonchev–Trinajstić information content (AvgIpc) is 3.24. The summed E-state index contributed by atoms with van der Waals surface area (Å²) in [6.07, 6.45) is -1.58. The highest BCUT2D eigenvalue weighted by Crippen LogP contribution is 2.32. The zero-order valence-corrected chi connectivity index (χ0v) is 15.2. The lowest BCUT2D eigenvalue weighted by molar-refractivity contribution is -0.0511. The Hall–Kier alpha value is -2.50. The van der Waals surface area contributed by atoms with E-state index in [1.54, 1.807) is 12.1 Å². The lowest BCUT2D eigenvalue weighted by Gasteiger charge is -2.16. The van der Waals surface area contributed by atoms with Crippen LogP contribution >= 0.6 is 11.6 Å². The number of hydrogen-bond acceptors (Lipinski definition) is 9. The molecule has 0 amide bonds. The third-order valence-corrected chi connectivity index (χ3v) is 4.87. The van der Waals surface area contributed by atoms with Gasteiger partial charge in [-0.15, -0.1) is 0 Å². The molecule has 1 aromatic carbocycles. The van der Waals surface area contributed by atoms with E-state index in [1.165, 1.54) is 23.3 Å². The van der Waals surface area contributed by atoms with Crippen LogP contribution in [0.4, 0.5) is 5.82 Å². The number of halogens is 1. The molecule has 1 aliphatic heterocycles. The summed E-state index contributed by atoms with van der Waals surface area (Å²) in [5.41, 5.74) is 1.38. The molecule has 1 fully saturated rings. The van der Waals surface area contributed by atoms with Crippen LogP contribution in [0.1, 0.15) is 11.8 Å². The second-order valence-corrected chi connectivity index (χ2v) is 6.84. The molecular weight excluding hydrogens is 390 g/mol. The number of imidazole rings is 1. The minimum atomic E-state index is -1.25. The molecule has 28 heavy (non-hydrogen) atoms. The van der Waals surface area contributed by atoms with Gasteiger partial charge in [0.25, 0.3) is 0 Å². The molecule has 11 heteroatoms. The number of anilines is 1. The number of aromatic nitrogens is 4. The maximum Gasteiger partial charge on any atom is 0.167 e. The number of aliphatic hydroxyl groups is 3. The summed E-state index contributed by atoms with van der Waals surface area (Å²) in [6, 6.07) is 4.73. The average molecular weight is 408 g/mol. The smallest absolute Gasteiger partial charge is 0.167 e. The van der Waals surface area contributed by atoms with Crippen molar-refractivity contribution in [2.45, 2.75) is 31.1 Å². The first kappa shape index (κ1) is 18.8. The lowest BCUT2D eigenvalue weighted by atomic mass is 10.1. The number of hydrogen-bond donors (Lipinski definition) is 5. The van der Waals surface area contributed by atoms with E-state index in [-0.39, 0.29) is 12.3 Å². The minimum absolute atomic E-state index is 0.0965. The van der Waals surface area contributed by atoms with Gasteiger partial charge < -0.3 is 30.5 Å². The first-order valence-corrected chi connectivity index (χ1v) is 8.88. The minimum Gasteiger partial charge on any atom is -0.508 e. The Bertz CT molecular complexity index is 999. The van der Waals surface area contributed by atoms with Crippen LogP contribution in [0, 0.1) is 0 Å². The summed E-state index contributed by atoms with van der Waals surface area (Å²) < 4.78 is 7.00.